The van der Waals surface area contributed by atoms with Crippen molar-refractivity contribution < 1.29 is 24.5 Å². The number of rotatable bonds is 55. The minimum atomic E-state index is -0.846. The van der Waals surface area contributed by atoms with Crippen molar-refractivity contribution in [3.8, 4) is 0 Å². The molecule has 0 aliphatic carbocycles. The smallest absolute Gasteiger partial charge is 0.305 e. The van der Waals surface area contributed by atoms with Crippen molar-refractivity contribution in [1.29, 1.82) is 0 Å². The van der Waals surface area contributed by atoms with Gasteiger partial charge in [-0.1, -0.05) is 256 Å². The summed E-state index contributed by atoms with van der Waals surface area (Å²) in [6, 6.07) is -0.630. The quantitative estimate of drug-likeness (QED) is 0.0321. The number of ether oxygens (including phenoxy) is 1. The maximum atomic E-state index is 12.4. The van der Waals surface area contributed by atoms with Crippen molar-refractivity contribution in [2.24, 2.45) is 0 Å². The first-order chi connectivity index (χ1) is 33.0. The van der Waals surface area contributed by atoms with E-state index in [9.17, 15) is 19.8 Å². The third-order valence-electron chi connectivity index (χ3n) is 13.6. The van der Waals surface area contributed by atoms with Crippen LogP contribution in [0.3, 0.4) is 0 Å². The minimum absolute atomic E-state index is 0.00249. The molecule has 0 fully saturated rings. The van der Waals surface area contributed by atoms with E-state index in [1.807, 2.05) is 6.08 Å². The number of carbonyl (C=O) groups excluding carboxylic acids is 2. The first-order valence-electron chi connectivity index (χ1n) is 29.8. The van der Waals surface area contributed by atoms with Crippen LogP contribution < -0.4 is 5.32 Å². The van der Waals surface area contributed by atoms with Crippen LogP contribution in [0, 0.1) is 0 Å². The van der Waals surface area contributed by atoms with Gasteiger partial charge in [0.2, 0.25) is 5.91 Å². The first kappa shape index (κ1) is 65.1. The molecule has 394 valence electrons. The Morgan fingerprint density at radius 3 is 1.07 bits per heavy atom. The number of hydrogen-bond acceptors (Lipinski definition) is 5. The van der Waals surface area contributed by atoms with Gasteiger partial charge in [-0.25, -0.2) is 0 Å². The highest BCUT2D eigenvalue weighted by Crippen LogP contribution is 2.16. The lowest BCUT2D eigenvalue weighted by molar-refractivity contribution is -0.143. The van der Waals surface area contributed by atoms with Gasteiger partial charge in [0, 0.05) is 12.8 Å². The van der Waals surface area contributed by atoms with Crippen molar-refractivity contribution in [3.05, 3.63) is 36.5 Å². The lowest BCUT2D eigenvalue weighted by Crippen LogP contribution is -2.45. The molecule has 67 heavy (non-hydrogen) atoms. The Morgan fingerprint density at radius 1 is 0.403 bits per heavy atom. The fourth-order valence-corrected chi connectivity index (χ4v) is 9.03. The topological polar surface area (TPSA) is 95.9 Å². The van der Waals surface area contributed by atoms with E-state index in [1.54, 1.807) is 6.08 Å². The molecule has 0 bridgehead atoms. The Balaban J connectivity index is 3.42. The average Bonchev–Trinajstić information content (AvgIpc) is 3.33. The number of carbonyl (C=O) groups is 2. The Bertz CT molecular complexity index is 1090. The monoisotopic (exact) mass is 942 g/mol. The number of unbranched alkanes of at least 4 members (excludes halogenated alkanes) is 40. The van der Waals surface area contributed by atoms with Crippen molar-refractivity contribution in [2.45, 2.75) is 328 Å². The number of aliphatic hydroxyl groups excluding tert-OH is 2. The van der Waals surface area contributed by atoms with E-state index >= 15 is 0 Å². The summed E-state index contributed by atoms with van der Waals surface area (Å²) in [5.74, 6) is -0.0702. The van der Waals surface area contributed by atoms with E-state index in [-0.39, 0.29) is 18.5 Å². The van der Waals surface area contributed by atoms with E-state index in [1.165, 1.54) is 244 Å². The van der Waals surface area contributed by atoms with Crippen LogP contribution in [0.25, 0.3) is 0 Å². The Morgan fingerprint density at radius 2 is 0.701 bits per heavy atom. The van der Waals surface area contributed by atoms with Crippen LogP contribution in [0.2, 0.25) is 0 Å². The van der Waals surface area contributed by atoms with Gasteiger partial charge in [0.15, 0.2) is 0 Å². The predicted octanol–water partition coefficient (Wildman–Crippen LogP) is 18.4. The number of nitrogens with one attached hydrogen (secondary N) is 1. The number of aliphatic hydroxyl groups is 2. The molecule has 3 N–H and O–H groups in total. The second-order valence-corrected chi connectivity index (χ2v) is 20.3. The molecule has 2 unspecified atom stereocenters. The van der Waals surface area contributed by atoms with Crippen LogP contribution in [0.15, 0.2) is 36.5 Å². The summed E-state index contributed by atoms with van der Waals surface area (Å²) in [7, 11) is 0. The molecule has 6 heteroatoms. The molecule has 0 saturated heterocycles. The zero-order valence-corrected chi connectivity index (χ0v) is 44.9. The standard InChI is InChI=1S/C61H115NO5/c1-3-5-7-9-11-13-15-29-33-37-41-45-49-53-59(64)58(57-63)62-60(65)54-50-46-42-38-34-31-27-25-23-21-19-17-18-20-22-24-26-28-32-36-40-44-48-52-56-67-61(66)55-51-47-43-39-35-30-16-14-12-10-8-6-4-2/h14,16,19,21,49,53,58-59,63-64H,3-13,15,17-18,20,22-48,50-52,54-57H2,1-2H3,(H,62,65)/b16-14-,21-19-,53-49+. The third kappa shape index (κ3) is 53.3. The molecule has 0 radical (unpaired) electrons. The lowest BCUT2D eigenvalue weighted by atomic mass is 10.0. The summed E-state index contributed by atoms with van der Waals surface area (Å²) in [5.41, 5.74) is 0. The molecule has 1 amide bonds. The summed E-state index contributed by atoms with van der Waals surface area (Å²) in [6.07, 6.45) is 70.3. The number of amides is 1. The van der Waals surface area contributed by atoms with Crippen molar-refractivity contribution >= 4 is 11.9 Å². The molecule has 0 rings (SSSR count). The molecule has 0 aromatic rings. The molecule has 0 saturated carbocycles. The maximum Gasteiger partial charge on any atom is 0.305 e. The van der Waals surface area contributed by atoms with Gasteiger partial charge in [0.1, 0.15) is 0 Å². The highest BCUT2D eigenvalue weighted by Gasteiger charge is 2.18. The van der Waals surface area contributed by atoms with E-state index < -0.39 is 12.1 Å². The van der Waals surface area contributed by atoms with Gasteiger partial charge in [0.05, 0.1) is 25.4 Å². The van der Waals surface area contributed by atoms with Crippen LogP contribution in [0.4, 0.5) is 0 Å². The second kappa shape index (κ2) is 56.7. The van der Waals surface area contributed by atoms with Crippen LogP contribution in [-0.4, -0.2) is 47.4 Å². The van der Waals surface area contributed by atoms with Gasteiger partial charge < -0.3 is 20.3 Å². The molecule has 0 aromatic carbocycles. The lowest BCUT2D eigenvalue weighted by Gasteiger charge is -2.20. The maximum absolute atomic E-state index is 12.4. The van der Waals surface area contributed by atoms with Gasteiger partial charge in [0.25, 0.3) is 0 Å². The van der Waals surface area contributed by atoms with Gasteiger partial charge >= 0.3 is 5.97 Å². The fraction of sp³-hybridized carbons (Fsp3) is 0.869. The molecule has 0 aromatic heterocycles. The largest absolute Gasteiger partial charge is 0.466 e. The highest BCUT2D eigenvalue weighted by molar-refractivity contribution is 5.76. The Hall–Kier alpha value is -1.92. The van der Waals surface area contributed by atoms with Crippen molar-refractivity contribution in [2.75, 3.05) is 13.2 Å². The molecular weight excluding hydrogens is 827 g/mol. The highest BCUT2D eigenvalue weighted by atomic mass is 16.5. The summed E-state index contributed by atoms with van der Waals surface area (Å²) in [4.78, 5) is 24.5. The van der Waals surface area contributed by atoms with E-state index in [0.717, 1.165) is 44.9 Å². The van der Waals surface area contributed by atoms with Gasteiger partial charge in [-0.05, 0) is 83.5 Å². The number of allylic oxidation sites excluding steroid dienone is 5. The van der Waals surface area contributed by atoms with E-state index in [2.05, 4.69) is 43.5 Å². The fourth-order valence-electron chi connectivity index (χ4n) is 9.03. The summed E-state index contributed by atoms with van der Waals surface area (Å²) in [6.45, 7) is 4.88. The Kier molecular flexibility index (Phi) is 55.0. The molecule has 2 atom stereocenters. The molecule has 0 aliphatic rings. The number of hydrogen-bond donors (Lipinski definition) is 3. The first-order valence-corrected chi connectivity index (χ1v) is 29.8. The third-order valence-corrected chi connectivity index (χ3v) is 13.6. The van der Waals surface area contributed by atoms with E-state index in [4.69, 9.17) is 4.74 Å². The number of esters is 1. The Labute approximate surface area is 417 Å². The summed E-state index contributed by atoms with van der Waals surface area (Å²) < 4.78 is 5.47. The predicted molar refractivity (Wildman–Crippen MR) is 292 cm³/mol. The molecule has 0 heterocycles. The van der Waals surface area contributed by atoms with Crippen LogP contribution in [0.5, 0.6) is 0 Å². The van der Waals surface area contributed by atoms with Gasteiger partial charge in [-0.3, -0.25) is 9.59 Å². The van der Waals surface area contributed by atoms with Gasteiger partial charge in [-0.15, -0.1) is 0 Å². The second-order valence-electron chi connectivity index (χ2n) is 20.3. The normalized spacial score (nSPS) is 12.8. The zero-order chi connectivity index (χ0) is 48.6. The molecule has 6 nitrogen and oxygen atoms in total. The summed E-state index contributed by atoms with van der Waals surface area (Å²) in [5, 5.41) is 23.1. The molecular formula is C61H115NO5. The van der Waals surface area contributed by atoms with Crippen molar-refractivity contribution in [3.63, 3.8) is 0 Å². The van der Waals surface area contributed by atoms with Crippen LogP contribution in [0.1, 0.15) is 316 Å². The van der Waals surface area contributed by atoms with Gasteiger partial charge in [-0.2, -0.15) is 0 Å². The molecule has 0 aliphatic heterocycles. The SMILES string of the molecule is CCCCCC/C=C\CCCCCCCC(=O)OCCCCCCCCCCCCCC/C=C\CCCCCCCCCCC(=O)NC(CO)C(O)/C=C/CCCCCCCCCCCCC. The minimum Gasteiger partial charge on any atom is -0.466 e. The van der Waals surface area contributed by atoms with E-state index in [0.29, 0.717) is 19.4 Å². The average molecular weight is 943 g/mol. The van der Waals surface area contributed by atoms with Crippen LogP contribution >= 0.6 is 0 Å². The zero-order valence-electron chi connectivity index (χ0n) is 44.9. The van der Waals surface area contributed by atoms with Crippen LogP contribution in [-0.2, 0) is 14.3 Å². The molecule has 0 spiro atoms. The van der Waals surface area contributed by atoms with Crippen molar-refractivity contribution in [1.82, 2.24) is 5.32 Å². The summed E-state index contributed by atoms with van der Waals surface area (Å²) >= 11 is 0.